The van der Waals surface area contributed by atoms with Gasteiger partial charge in [-0.2, -0.15) is 0 Å². The van der Waals surface area contributed by atoms with Gasteiger partial charge in [0.2, 0.25) is 0 Å². The average Bonchev–Trinajstić information content (AvgIpc) is 1.87. The first kappa shape index (κ1) is 4.43. The van der Waals surface area contributed by atoms with Gasteiger partial charge in [0.05, 0.1) is 0 Å². The van der Waals surface area contributed by atoms with Crippen LogP contribution in [-0.2, 0) is 0 Å². The van der Waals surface area contributed by atoms with E-state index in [2.05, 4.69) is 10.6 Å². The van der Waals surface area contributed by atoms with E-state index in [0.717, 1.165) is 6.54 Å². The van der Waals surface area contributed by atoms with E-state index in [0.29, 0.717) is 6.04 Å². The molecule has 1 unspecified atom stereocenters. The molecule has 1 saturated heterocycles. The van der Waals surface area contributed by atoms with Crippen LogP contribution in [0.5, 0.6) is 0 Å². The van der Waals surface area contributed by atoms with Crippen LogP contribution >= 0.6 is 0 Å². The maximum atomic E-state index is 10.2. The van der Waals surface area contributed by atoms with Crippen LogP contribution in [0.3, 0.4) is 0 Å². The van der Waals surface area contributed by atoms with Crippen LogP contribution in [0.2, 0.25) is 0 Å². The SMILES string of the molecule is CC1CNC(=O)N1. The Labute approximate surface area is 42.1 Å². The Balaban J connectivity index is 2.40. The number of carbonyl (C=O) groups is 1. The van der Waals surface area contributed by atoms with Gasteiger partial charge in [0.1, 0.15) is 0 Å². The lowest BCUT2D eigenvalue weighted by Gasteiger charge is -1.92. The Kier molecular flexibility index (Phi) is 0.889. The zero-order chi connectivity index (χ0) is 5.28. The van der Waals surface area contributed by atoms with Gasteiger partial charge in [-0.05, 0) is 6.92 Å². The van der Waals surface area contributed by atoms with E-state index in [9.17, 15) is 4.79 Å². The van der Waals surface area contributed by atoms with Crippen molar-refractivity contribution in [3.05, 3.63) is 0 Å². The van der Waals surface area contributed by atoms with E-state index in [-0.39, 0.29) is 6.03 Å². The first-order valence-corrected chi connectivity index (χ1v) is 2.33. The maximum Gasteiger partial charge on any atom is 0.315 e. The highest BCUT2D eigenvalue weighted by Gasteiger charge is 2.13. The van der Waals surface area contributed by atoms with Crippen LogP contribution < -0.4 is 10.6 Å². The van der Waals surface area contributed by atoms with Crippen molar-refractivity contribution in [2.24, 2.45) is 0 Å². The topological polar surface area (TPSA) is 41.1 Å². The van der Waals surface area contributed by atoms with Gasteiger partial charge in [-0.25, -0.2) is 4.79 Å². The number of hydrogen-bond donors (Lipinski definition) is 2. The highest BCUT2D eigenvalue weighted by molar-refractivity contribution is 5.76. The quantitative estimate of drug-likeness (QED) is 0.430. The molecule has 0 bridgehead atoms. The van der Waals surface area contributed by atoms with E-state index in [1.165, 1.54) is 0 Å². The monoisotopic (exact) mass is 100 g/mol. The molecular weight excluding hydrogens is 92.1 g/mol. The molecule has 2 amide bonds. The van der Waals surface area contributed by atoms with Gasteiger partial charge in [0.25, 0.3) is 0 Å². The summed E-state index contributed by atoms with van der Waals surface area (Å²) in [4.78, 5) is 10.2. The van der Waals surface area contributed by atoms with Crippen molar-refractivity contribution in [2.45, 2.75) is 13.0 Å². The van der Waals surface area contributed by atoms with Crippen LogP contribution in [0, 0.1) is 0 Å². The third kappa shape index (κ3) is 0.824. The van der Waals surface area contributed by atoms with Crippen LogP contribution in [-0.4, -0.2) is 18.6 Å². The summed E-state index contributed by atoms with van der Waals surface area (Å²) in [6.07, 6.45) is 0. The molecule has 0 radical (unpaired) electrons. The summed E-state index contributed by atoms with van der Waals surface area (Å²) in [5.74, 6) is 0. The van der Waals surface area contributed by atoms with Crippen molar-refractivity contribution >= 4 is 6.03 Å². The number of urea groups is 1. The van der Waals surface area contributed by atoms with E-state index in [1.54, 1.807) is 0 Å². The minimum absolute atomic E-state index is 0.0486. The summed E-state index contributed by atoms with van der Waals surface area (Å²) in [5, 5.41) is 5.29. The molecule has 3 nitrogen and oxygen atoms in total. The summed E-state index contributed by atoms with van der Waals surface area (Å²) in [7, 11) is 0. The molecule has 3 heteroatoms. The first-order chi connectivity index (χ1) is 3.29. The van der Waals surface area contributed by atoms with Gasteiger partial charge < -0.3 is 10.6 Å². The molecule has 0 saturated carbocycles. The normalized spacial score (nSPS) is 29.3. The number of rotatable bonds is 0. The second kappa shape index (κ2) is 1.40. The predicted molar refractivity (Wildman–Crippen MR) is 26.0 cm³/mol. The summed E-state index contributed by atoms with van der Waals surface area (Å²) in [5.41, 5.74) is 0. The Morgan fingerprint density at radius 1 is 1.86 bits per heavy atom. The standard InChI is InChI=1S/C4H8N2O/c1-3-2-5-4(7)6-3/h3H,2H2,1H3,(H2,5,6,7). The first-order valence-electron chi connectivity index (χ1n) is 2.33. The van der Waals surface area contributed by atoms with Crippen LogP contribution in [0.1, 0.15) is 6.92 Å². The molecule has 0 aliphatic carbocycles. The molecule has 1 rings (SSSR count). The third-order valence-corrected chi connectivity index (χ3v) is 0.946. The fourth-order valence-electron chi connectivity index (χ4n) is 0.572. The Morgan fingerprint density at radius 3 is 2.71 bits per heavy atom. The molecular formula is C4H8N2O. The van der Waals surface area contributed by atoms with Gasteiger partial charge in [-0.3, -0.25) is 0 Å². The lowest BCUT2D eigenvalue weighted by molar-refractivity contribution is 0.247. The van der Waals surface area contributed by atoms with Crippen molar-refractivity contribution in [3.8, 4) is 0 Å². The molecule has 1 fully saturated rings. The van der Waals surface area contributed by atoms with Gasteiger partial charge in [-0.15, -0.1) is 0 Å². The molecule has 0 spiro atoms. The minimum Gasteiger partial charge on any atom is -0.336 e. The Hall–Kier alpha value is -0.730. The molecule has 0 aromatic carbocycles. The zero-order valence-electron chi connectivity index (χ0n) is 4.19. The smallest absolute Gasteiger partial charge is 0.315 e. The van der Waals surface area contributed by atoms with Crippen LogP contribution in [0.25, 0.3) is 0 Å². The van der Waals surface area contributed by atoms with E-state index in [4.69, 9.17) is 0 Å². The largest absolute Gasteiger partial charge is 0.336 e. The van der Waals surface area contributed by atoms with Crippen LogP contribution in [0.4, 0.5) is 4.79 Å². The fraction of sp³-hybridized carbons (Fsp3) is 0.750. The summed E-state index contributed by atoms with van der Waals surface area (Å²) < 4.78 is 0. The molecule has 0 aromatic rings. The van der Waals surface area contributed by atoms with E-state index >= 15 is 0 Å². The molecule has 1 heterocycles. The number of hydrogen-bond acceptors (Lipinski definition) is 1. The molecule has 1 aliphatic rings. The third-order valence-electron chi connectivity index (χ3n) is 0.946. The fourth-order valence-corrected chi connectivity index (χ4v) is 0.572. The highest BCUT2D eigenvalue weighted by atomic mass is 16.2. The minimum atomic E-state index is -0.0486. The molecule has 0 aromatic heterocycles. The van der Waals surface area contributed by atoms with Crippen molar-refractivity contribution in [1.29, 1.82) is 0 Å². The number of carbonyl (C=O) groups excluding carboxylic acids is 1. The van der Waals surface area contributed by atoms with Gasteiger partial charge in [-0.1, -0.05) is 0 Å². The zero-order valence-corrected chi connectivity index (χ0v) is 4.19. The number of amides is 2. The summed E-state index contributed by atoms with van der Waals surface area (Å²) >= 11 is 0. The van der Waals surface area contributed by atoms with Crippen molar-refractivity contribution in [2.75, 3.05) is 6.54 Å². The number of nitrogens with one attached hydrogen (secondary N) is 2. The molecule has 40 valence electrons. The maximum absolute atomic E-state index is 10.2. The predicted octanol–water partition coefficient (Wildman–Crippen LogP) is -0.312. The second-order valence-electron chi connectivity index (χ2n) is 1.76. The molecule has 1 aliphatic heterocycles. The lowest BCUT2D eigenvalue weighted by atomic mass is 10.4. The average molecular weight is 100 g/mol. The van der Waals surface area contributed by atoms with E-state index in [1.807, 2.05) is 6.92 Å². The second-order valence-corrected chi connectivity index (χ2v) is 1.76. The summed E-state index contributed by atoms with van der Waals surface area (Å²) in [6, 6.07) is 0.264. The van der Waals surface area contributed by atoms with Gasteiger partial charge in [0.15, 0.2) is 0 Å². The van der Waals surface area contributed by atoms with Crippen molar-refractivity contribution < 1.29 is 4.79 Å². The Morgan fingerprint density at radius 2 is 2.57 bits per heavy atom. The van der Waals surface area contributed by atoms with Gasteiger partial charge >= 0.3 is 6.03 Å². The Bertz CT molecular complexity index is 91.7. The summed E-state index contributed by atoms with van der Waals surface area (Å²) in [6.45, 7) is 2.72. The van der Waals surface area contributed by atoms with Gasteiger partial charge in [0, 0.05) is 12.6 Å². The lowest BCUT2D eigenvalue weighted by Crippen LogP contribution is -2.23. The van der Waals surface area contributed by atoms with Crippen molar-refractivity contribution in [1.82, 2.24) is 10.6 Å². The van der Waals surface area contributed by atoms with E-state index < -0.39 is 0 Å². The molecule has 7 heavy (non-hydrogen) atoms. The van der Waals surface area contributed by atoms with Crippen molar-refractivity contribution in [3.63, 3.8) is 0 Å². The van der Waals surface area contributed by atoms with Crippen LogP contribution in [0.15, 0.2) is 0 Å². The molecule has 2 N–H and O–H groups in total. The molecule has 1 atom stereocenters. The highest BCUT2D eigenvalue weighted by Crippen LogP contribution is 1.84.